The summed E-state index contributed by atoms with van der Waals surface area (Å²) in [5, 5.41) is 1.12. The summed E-state index contributed by atoms with van der Waals surface area (Å²) in [5.74, 6) is 0.314. The average molecular weight is 281 g/mol. The van der Waals surface area contributed by atoms with Gasteiger partial charge < -0.3 is 4.98 Å². The van der Waals surface area contributed by atoms with Crippen LogP contribution in [-0.4, -0.2) is 15.0 Å². The van der Waals surface area contributed by atoms with Crippen LogP contribution in [0.25, 0.3) is 22.2 Å². The number of nitrogens with zero attached hydrogens (tertiary/aromatic N) is 2. The van der Waals surface area contributed by atoms with Crippen LogP contribution in [0.2, 0.25) is 0 Å². The first-order chi connectivity index (χ1) is 9.66. The fraction of sp³-hybridized carbons (Fsp3) is 0.188. The van der Waals surface area contributed by atoms with Gasteiger partial charge in [-0.1, -0.05) is 44.3 Å². The van der Waals surface area contributed by atoms with E-state index in [9.17, 15) is 0 Å². The lowest BCUT2D eigenvalue weighted by Gasteiger charge is -2.12. The molecule has 0 unspecified atom stereocenters. The minimum absolute atomic E-state index is 0.314. The molecule has 0 saturated carbocycles. The van der Waals surface area contributed by atoms with Crippen LogP contribution in [0, 0.1) is 4.64 Å². The van der Waals surface area contributed by atoms with Gasteiger partial charge in [0.1, 0.15) is 4.64 Å². The monoisotopic (exact) mass is 281 g/mol. The number of rotatable bonds is 2. The summed E-state index contributed by atoms with van der Waals surface area (Å²) in [4.78, 5) is 11.9. The lowest BCUT2D eigenvalue weighted by atomic mass is 9.99. The number of benzene rings is 1. The van der Waals surface area contributed by atoms with E-state index in [0.717, 1.165) is 27.7 Å². The number of hydrogen-bond donors (Lipinski definition) is 1. The minimum atomic E-state index is 0.314. The van der Waals surface area contributed by atoms with Gasteiger partial charge in [0.25, 0.3) is 0 Å². The molecule has 3 nitrogen and oxygen atoms in total. The molecule has 0 radical (unpaired) electrons. The van der Waals surface area contributed by atoms with E-state index in [2.05, 4.69) is 40.9 Å². The Balaban J connectivity index is 2.26. The van der Waals surface area contributed by atoms with Crippen molar-refractivity contribution < 1.29 is 0 Å². The predicted molar refractivity (Wildman–Crippen MR) is 84.2 cm³/mol. The van der Waals surface area contributed by atoms with E-state index >= 15 is 0 Å². The van der Waals surface area contributed by atoms with E-state index in [0.29, 0.717) is 10.6 Å². The maximum atomic E-state index is 5.36. The highest BCUT2D eigenvalue weighted by molar-refractivity contribution is 7.71. The standard InChI is InChI=1S/C16H15N3S/c1-10(2)14-15(18-9-19-16(14)20)12-7-11-5-3-4-6-13(11)17-8-12/h3-10H,1-2H3,(H,18,19,20). The van der Waals surface area contributed by atoms with Crippen LogP contribution in [0.1, 0.15) is 25.3 Å². The molecule has 0 amide bonds. The molecule has 0 aliphatic heterocycles. The number of para-hydroxylation sites is 1. The second kappa shape index (κ2) is 5.13. The number of fused-ring (bicyclic) bond motifs is 1. The average Bonchev–Trinajstić information content (AvgIpc) is 2.46. The molecule has 100 valence electrons. The van der Waals surface area contributed by atoms with Crippen molar-refractivity contribution in [2.24, 2.45) is 0 Å². The number of aromatic amines is 1. The summed E-state index contributed by atoms with van der Waals surface area (Å²) in [6.45, 7) is 4.25. The lowest BCUT2D eigenvalue weighted by molar-refractivity contribution is 0.843. The number of aromatic nitrogens is 3. The van der Waals surface area contributed by atoms with Gasteiger partial charge in [-0.25, -0.2) is 4.98 Å². The number of H-pyrrole nitrogens is 1. The van der Waals surface area contributed by atoms with Gasteiger partial charge in [0, 0.05) is 22.7 Å². The molecule has 0 saturated heterocycles. The van der Waals surface area contributed by atoms with Crippen molar-refractivity contribution in [1.82, 2.24) is 15.0 Å². The van der Waals surface area contributed by atoms with Crippen molar-refractivity contribution in [1.29, 1.82) is 0 Å². The topological polar surface area (TPSA) is 41.6 Å². The first kappa shape index (κ1) is 12.9. The summed E-state index contributed by atoms with van der Waals surface area (Å²) in [5.41, 5.74) is 4.12. The highest BCUT2D eigenvalue weighted by Gasteiger charge is 2.12. The Morgan fingerprint density at radius 3 is 2.75 bits per heavy atom. The van der Waals surface area contributed by atoms with Crippen LogP contribution >= 0.6 is 12.2 Å². The second-order valence-electron chi connectivity index (χ2n) is 5.07. The van der Waals surface area contributed by atoms with Crippen molar-refractivity contribution >= 4 is 23.1 Å². The molecule has 0 aliphatic carbocycles. The van der Waals surface area contributed by atoms with Crippen molar-refractivity contribution in [2.75, 3.05) is 0 Å². The van der Waals surface area contributed by atoms with E-state index in [1.54, 1.807) is 6.33 Å². The molecule has 1 N–H and O–H groups in total. The predicted octanol–water partition coefficient (Wildman–Crippen LogP) is 4.48. The number of hydrogen-bond acceptors (Lipinski definition) is 3. The van der Waals surface area contributed by atoms with Crippen LogP contribution in [-0.2, 0) is 0 Å². The van der Waals surface area contributed by atoms with Gasteiger partial charge in [0.2, 0.25) is 0 Å². The van der Waals surface area contributed by atoms with Gasteiger partial charge in [-0.15, -0.1) is 0 Å². The highest BCUT2D eigenvalue weighted by Crippen LogP contribution is 2.28. The zero-order valence-electron chi connectivity index (χ0n) is 11.4. The molecule has 1 aromatic carbocycles. The molecular formula is C16H15N3S. The first-order valence-corrected chi connectivity index (χ1v) is 7.00. The summed E-state index contributed by atoms with van der Waals surface area (Å²) in [6.07, 6.45) is 3.54. The number of nitrogens with one attached hydrogen (secondary N) is 1. The van der Waals surface area contributed by atoms with E-state index < -0.39 is 0 Å². The molecule has 3 aromatic rings. The fourth-order valence-corrected chi connectivity index (χ4v) is 2.78. The molecule has 0 aliphatic rings. The summed E-state index contributed by atoms with van der Waals surface area (Å²) >= 11 is 5.36. The molecule has 2 heterocycles. The van der Waals surface area contributed by atoms with Crippen molar-refractivity contribution in [3.05, 3.63) is 53.1 Å². The quantitative estimate of drug-likeness (QED) is 0.704. The van der Waals surface area contributed by atoms with E-state index in [4.69, 9.17) is 12.2 Å². The van der Waals surface area contributed by atoms with Gasteiger partial charge in [-0.3, -0.25) is 4.98 Å². The van der Waals surface area contributed by atoms with Crippen LogP contribution in [0.4, 0.5) is 0 Å². The second-order valence-corrected chi connectivity index (χ2v) is 5.45. The van der Waals surface area contributed by atoms with Gasteiger partial charge in [0.05, 0.1) is 17.5 Å². The molecule has 4 heteroatoms. The fourth-order valence-electron chi connectivity index (χ4n) is 2.39. The third-order valence-electron chi connectivity index (χ3n) is 3.35. The number of pyridine rings is 1. The van der Waals surface area contributed by atoms with Gasteiger partial charge in [0.15, 0.2) is 0 Å². The molecule has 0 spiro atoms. The highest BCUT2D eigenvalue weighted by atomic mass is 32.1. The summed E-state index contributed by atoms with van der Waals surface area (Å²) in [6, 6.07) is 10.2. The normalized spacial score (nSPS) is 11.2. The lowest BCUT2D eigenvalue weighted by Crippen LogP contribution is -1.99. The van der Waals surface area contributed by atoms with E-state index in [-0.39, 0.29) is 0 Å². The van der Waals surface area contributed by atoms with Crippen LogP contribution in [0.15, 0.2) is 42.9 Å². The van der Waals surface area contributed by atoms with E-state index in [1.165, 1.54) is 0 Å². The maximum absolute atomic E-state index is 5.36. The zero-order chi connectivity index (χ0) is 14.1. The minimum Gasteiger partial charge on any atom is -0.345 e. The first-order valence-electron chi connectivity index (χ1n) is 6.59. The summed E-state index contributed by atoms with van der Waals surface area (Å²) in [7, 11) is 0. The Bertz CT molecular complexity index is 821. The SMILES string of the molecule is CC(C)c1c(-c2cnc3ccccc3c2)[nH]cnc1=S. The maximum Gasteiger partial charge on any atom is 0.133 e. The van der Waals surface area contributed by atoms with E-state index in [1.807, 2.05) is 24.4 Å². The zero-order valence-corrected chi connectivity index (χ0v) is 12.2. The van der Waals surface area contributed by atoms with Crippen LogP contribution in [0.3, 0.4) is 0 Å². The van der Waals surface area contributed by atoms with Crippen molar-refractivity contribution in [2.45, 2.75) is 19.8 Å². The molecule has 0 atom stereocenters. The Hall–Kier alpha value is -2.07. The third-order valence-corrected chi connectivity index (χ3v) is 3.67. The Labute approximate surface area is 122 Å². The van der Waals surface area contributed by atoms with Crippen molar-refractivity contribution in [3.8, 4) is 11.3 Å². The Kier molecular flexibility index (Phi) is 3.32. The third kappa shape index (κ3) is 2.23. The van der Waals surface area contributed by atoms with Gasteiger partial charge in [-0.2, -0.15) is 0 Å². The largest absolute Gasteiger partial charge is 0.345 e. The van der Waals surface area contributed by atoms with Crippen LogP contribution < -0.4 is 0 Å². The van der Waals surface area contributed by atoms with Gasteiger partial charge >= 0.3 is 0 Å². The molecule has 20 heavy (non-hydrogen) atoms. The molecule has 2 aromatic heterocycles. The van der Waals surface area contributed by atoms with Crippen molar-refractivity contribution in [3.63, 3.8) is 0 Å². The Morgan fingerprint density at radius 1 is 1.15 bits per heavy atom. The van der Waals surface area contributed by atoms with Gasteiger partial charge in [-0.05, 0) is 18.1 Å². The molecule has 0 fully saturated rings. The summed E-state index contributed by atoms with van der Waals surface area (Å²) < 4.78 is 0.655. The smallest absolute Gasteiger partial charge is 0.133 e. The Morgan fingerprint density at radius 2 is 1.95 bits per heavy atom. The molecule has 3 rings (SSSR count). The molecule has 0 bridgehead atoms. The molecular weight excluding hydrogens is 266 g/mol. The van der Waals surface area contributed by atoms with Crippen LogP contribution in [0.5, 0.6) is 0 Å².